The van der Waals surface area contributed by atoms with Gasteiger partial charge in [-0.2, -0.15) is 0 Å². The fourth-order valence-corrected chi connectivity index (χ4v) is 1.37. The van der Waals surface area contributed by atoms with E-state index in [9.17, 15) is 4.39 Å². The van der Waals surface area contributed by atoms with E-state index >= 15 is 0 Å². The van der Waals surface area contributed by atoms with Crippen LogP contribution in [0.5, 0.6) is 0 Å². The van der Waals surface area contributed by atoms with E-state index < -0.39 is 0 Å². The number of benzene rings is 1. The molecule has 1 aromatic heterocycles. The number of fused-ring (bicyclic) bond motifs is 1. The third-order valence-electron chi connectivity index (χ3n) is 2.01. The van der Waals surface area contributed by atoms with E-state index in [4.69, 9.17) is 10.5 Å². The van der Waals surface area contributed by atoms with Crippen LogP contribution < -0.4 is 5.73 Å². The number of nitrogens with one attached hydrogen (secondary N) is 1. The molecule has 0 atom stereocenters. The molecule has 0 fully saturated rings. The third kappa shape index (κ3) is 2.14. The lowest BCUT2D eigenvalue weighted by atomic mass is 10.3. The molecule has 0 amide bonds. The van der Waals surface area contributed by atoms with Crippen LogP contribution in [-0.2, 0) is 11.3 Å². The predicted molar refractivity (Wildman–Crippen MR) is 54.8 cm³/mol. The number of aromatic nitrogens is 2. The molecule has 2 rings (SSSR count). The summed E-state index contributed by atoms with van der Waals surface area (Å²) in [6.45, 7) is 1.26. The predicted octanol–water partition coefficient (Wildman–Crippen LogP) is 1.18. The van der Waals surface area contributed by atoms with Crippen molar-refractivity contribution < 1.29 is 9.13 Å². The Balaban J connectivity index is 2.20. The maximum atomic E-state index is 13.2. The van der Waals surface area contributed by atoms with E-state index in [0.29, 0.717) is 36.6 Å². The summed E-state index contributed by atoms with van der Waals surface area (Å²) in [5.41, 5.74) is 6.31. The molecule has 0 aliphatic carbocycles. The summed E-state index contributed by atoms with van der Waals surface area (Å²) in [5.74, 6) is 0.289. The molecule has 3 N–H and O–H groups in total. The van der Waals surface area contributed by atoms with Crippen molar-refractivity contribution in [1.29, 1.82) is 0 Å². The van der Waals surface area contributed by atoms with Crippen LogP contribution in [-0.4, -0.2) is 23.1 Å². The molecular weight excluding hydrogens is 197 g/mol. The summed E-state index contributed by atoms with van der Waals surface area (Å²) in [6.07, 6.45) is 0. The van der Waals surface area contributed by atoms with Crippen molar-refractivity contribution in [2.45, 2.75) is 6.61 Å². The van der Waals surface area contributed by atoms with Crippen LogP contribution in [0.15, 0.2) is 18.2 Å². The van der Waals surface area contributed by atoms with Crippen molar-refractivity contribution in [3.05, 3.63) is 29.8 Å². The van der Waals surface area contributed by atoms with Crippen LogP contribution >= 0.6 is 0 Å². The standard InChI is InChI=1S/C10H12FN3O/c11-7-2-1-3-8-10(7)14-9(13-8)6-15-5-4-12/h1-3H,4-6,12H2,(H,13,14). The van der Waals surface area contributed by atoms with Crippen LogP contribution in [0.25, 0.3) is 11.0 Å². The molecule has 0 aliphatic heterocycles. The Kier molecular flexibility index (Phi) is 2.94. The Hall–Kier alpha value is -1.46. The molecule has 2 aromatic rings. The largest absolute Gasteiger partial charge is 0.372 e. The van der Waals surface area contributed by atoms with Crippen molar-refractivity contribution in [3.63, 3.8) is 0 Å². The summed E-state index contributed by atoms with van der Waals surface area (Å²) in [6, 6.07) is 4.80. The molecule has 0 aliphatic rings. The maximum absolute atomic E-state index is 13.2. The lowest BCUT2D eigenvalue weighted by Gasteiger charge is -1.97. The molecule has 0 radical (unpaired) electrons. The summed E-state index contributed by atoms with van der Waals surface area (Å²) in [7, 11) is 0. The molecule has 0 bridgehead atoms. The number of rotatable bonds is 4. The van der Waals surface area contributed by atoms with Gasteiger partial charge in [0, 0.05) is 6.54 Å². The Morgan fingerprint density at radius 1 is 1.47 bits per heavy atom. The molecule has 80 valence electrons. The molecular formula is C10H12FN3O. The highest BCUT2D eigenvalue weighted by Crippen LogP contribution is 2.14. The number of imidazole rings is 1. The Bertz CT molecular complexity index is 455. The van der Waals surface area contributed by atoms with Gasteiger partial charge < -0.3 is 15.5 Å². The van der Waals surface area contributed by atoms with Crippen molar-refractivity contribution in [2.24, 2.45) is 5.73 Å². The number of H-pyrrole nitrogens is 1. The Morgan fingerprint density at radius 2 is 2.33 bits per heavy atom. The van der Waals surface area contributed by atoms with Crippen molar-refractivity contribution >= 4 is 11.0 Å². The first-order valence-corrected chi connectivity index (χ1v) is 4.72. The number of ether oxygens (including phenoxy) is 1. The Labute approximate surface area is 86.3 Å². The second-order valence-electron chi connectivity index (χ2n) is 3.16. The monoisotopic (exact) mass is 209 g/mol. The third-order valence-corrected chi connectivity index (χ3v) is 2.01. The van der Waals surface area contributed by atoms with Crippen molar-refractivity contribution in [2.75, 3.05) is 13.2 Å². The summed E-state index contributed by atoms with van der Waals surface area (Å²) in [5, 5.41) is 0. The van der Waals surface area contributed by atoms with Crippen molar-refractivity contribution in [3.8, 4) is 0 Å². The molecule has 0 saturated heterocycles. The second-order valence-corrected chi connectivity index (χ2v) is 3.16. The number of halogens is 1. The van der Waals surface area contributed by atoms with Crippen molar-refractivity contribution in [1.82, 2.24) is 9.97 Å². The SMILES string of the molecule is NCCOCc1nc2c(F)cccc2[nH]1. The molecule has 1 aromatic carbocycles. The van der Waals surface area contributed by atoms with Crippen LogP contribution in [0.2, 0.25) is 0 Å². The zero-order chi connectivity index (χ0) is 10.7. The first kappa shape index (κ1) is 10.1. The van der Waals surface area contributed by atoms with E-state index in [-0.39, 0.29) is 5.82 Å². The first-order chi connectivity index (χ1) is 7.31. The van der Waals surface area contributed by atoms with Gasteiger partial charge in [0.2, 0.25) is 0 Å². The quantitative estimate of drug-likeness (QED) is 0.743. The van der Waals surface area contributed by atoms with E-state index in [2.05, 4.69) is 9.97 Å². The lowest BCUT2D eigenvalue weighted by molar-refractivity contribution is 0.123. The van der Waals surface area contributed by atoms with Gasteiger partial charge in [-0.3, -0.25) is 0 Å². The van der Waals surface area contributed by atoms with Gasteiger partial charge in [0.25, 0.3) is 0 Å². The average Bonchev–Trinajstić information content (AvgIpc) is 2.63. The molecule has 1 heterocycles. The number of aromatic amines is 1. The number of hydrogen-bond donors (Lipinski definition) is 2. The van der Waals surface area contributed by atoms with E-state index in [1.807, 2.05) is 0 Å². The van der Waals surface area contributed by atoms with E-state index in [1.165, 1.54) is 6.07 Å². The number of nitrogens with two attached hydrogens (primary N) is 1. The minimum Gasteiger partial charge on any atom is -0.372 e. The second kappa shape index (κ2) is 4.37. The molecule has 5 heteroatoms. The lowest BCUT2D eigenvalue weighted by Crippen LogP contribution is -2.08. The Morgan fingerprint density at radius 3 is 3.07 bits per heavy atom. The molecule has 0 spiro atoms. The summed E-state index contributed by atoms with van der Waals surface area (Å²) < 4.78 is 18.4. The van der Waals surface area contributed by atoms with Crippen LogP contribution in [0.3, 0.4) is 0 Å². The molecule has 4 nitrogen and oxygen atoms in total. The van der Waals surface area contributed by atoms with Gasteiger partial charge in [-0.1, -0.05) is 6.07 Å². The molecule has 15 heavy (non-hydrogen) atoms. The zero-order valence-corrected chi connectivity index (χ0v) is 8.16. The highest BCUT2D eigenvalue weighted by atomic mass is 19.1. The summed E-state index contributed by atoms with van der Waals surface area (Å²) in [4.78, 5) is 7.07. The number of nitrogens with zero attached hydrogens (tertiary/aromatic N) is 1. The van der Waals surface area contributed by atoms with Gasteiger partial charge in [-0.05, 0) is 12.1 Å². The summed E-state index contributed by atoms with van der Waals surface area (Å²) >= 11 is 0. The van der Waals surface area contributed by atoms with Crippen LogP contribution in [0.1, 0.15) is 5.82 Å². The van der Waals surface area contributed by atoms with E-state index in [1.54, 1.807) is 12.1 Å². The smallest absolute Gasteiger partial charge is 0.151 e. The first-order valence-electron chi connectivity index (χ1n) is 4.72. The highest BCUT2D eigenvalue weighted by Gasteiger charge is 2.06. The van der Waals surface area contributed by atoms with E-state index in [0.717, 1.165) is 0 Å². The minimum absolute atomic E-state index is 0.325. The van der Waals surface area contributed by atoms with Crippen LogP contribution in [0.4, 0.5) is 4.39 Å². The average molecular weight is 209 g/mol. The molecule has 0 unspecified atom stereocenters. The highest BCUT2D eigenvalue weighted by molar-refractivity contribution is 5.75. The topological polar surface area (TPSA) is 63.9 Å². The number of para-hydroxylation sites is 1. The fraction of sp³-hybridized carbons (Fsp3) is 0.300. The maximum Gasteiger partial charge on any atom is 0.151 e. The van der Waals surface area contributed by atoms with Gasteiger partial charge in [0.15, 0.2) is 5.82 Å². The van der Waals surface area contributed by atoms with Gasteiger partial charge >= 0.3 is 0 Å². The minimum atomic E-state index is -0.325. The normalized spacial score (nSPS) is 11.1. The fourth-order valence-electron chi connectivity index (χ4n) is 1.37. The van der Waals surface area contributed by atoms with Gasteiger partial charge in [-0.15, -0.1) is 0 Å². The molecule has 0 saturated carbocycles. The van der Waals surface area contributed by atoms with Crippen LogP contribution in [0, 0.1) is 5.82 Å². The number of hydrogen-bond acceptors (Lipinski definition) is 3. The van der Waals surface area contributed by atoms with Gasteiger partial charge in [-0.25, -0.2) is 9.37 Å². The zero-order valence-electron chi connectivity index (χ0n) is 8.16. The van der Waals surface area contributed by atoms with Gasteiger partial charge in [0.1, 0.15) is 17.9 Å². The van der Waals surface area contributed by atoms with Gasteiger partial charge in [0.05, 0.1) is 12.1 Å².